The Labute approximate surface area is 162 Å². The summed E-state index contributed by atoms with van der Waals surface area (Å²) in [5, 5.41) is 9.22. The number of ether oxygens (including phenoxy) is 1. The number of imidazole rings is 1. The summed E-state index contributed by atoms with van der Waals surface area (Å²) in [4.78, 5) is 30.1. The monoisotopic (exact) mass is 379 g/mol. The number of benzene rings is 1. The molecule has 0 saturated carbocycles. The standard InChI is InChI=1S/C21H21N3O4/c25-20(24-10-4-6-16(12-24)21(26)27)15-5-3-7-18(11-15)28-14-17-13-23-9-2-1-8-19(23)22-17/h1-3,5,7-9,11,13,16H,4,6,10,12,14H2,(H,26,27). The van der Waals surface area contributed by atoms with Crippen LogP contribution in [0.3, 0.4) is 0 Å². The van der Waals surface area contributed by atoms with Gasteiger partial charge in [-0.25, -0.2) is 4.98 Å². The van der Waals surface area contributed by atoms with Crippen LogP contribution in [-0.2, 0) is 11.4 Å². The van der Waals surface area contributed by atoms with Gasteiger partial charge in [0.25, 0.3) is 5.91 Å². The third-order valence-corrected chi connectivity index (χ3v) is 4.94. The first-order valence-electron chi connectivity index (χ1n) is 9.28. The van der Waals surface area contributed by atoms with Gasteiger partial charge in [0.2, 0.25) is 0 Å². The van der Waals surface area contributed by atoms with Crippen LogP contribution in [0.5, 0.6) is 5.75 Å². The van der Waals surface area contributed by atoms with Crippen molar-refractivity contribution >= 4 is 17.5 Å². The molecule has 7 nitrogen and oxygen atoms in total. The van der Waals surface area contributed by atoms with Crippen LogP contribution in [-0.4, -0.2) is 44.4 Å². The Hall–Kier alpha value is -3.35. The van der Waals surface area contributed by atoms with Crippen molar-refractivity contribution in [3.05, 3.63) is 66.1 Å². The Morgan fingerprint density at radius 2 is 2.11 bits per heavy atom. The van der Waals surface area contributed by atoms with E-state index in [9.17, 15) is 14.7 Å². The fourth-order valence-corrected chi connectivity index (χ4v) is 3.48. The number of fused-ring (bicyclic) bond motifs is 1. The van der Waals surface area contributed by atoms with Crippen LogP contribution in [0.2, 0.25) is 0 Å². The van der Waals surface area contributed by atoms with E-state index in [4.69, 9.17) is 4.74 Å². The van der Waals surface area contributed by atoms with Gasteiger partial charge in [0.1, 0.15) is 18.0 Å². The third kappa shape index (κ3) is 3.83. The molecule has 1 aliphatic rings. The molecule has 0 bridgehead atoms. The number of likely N-dealkylation sites (tertiary alicyclic amines) is 1. The second-order valence-electron chi connectivity index (χ2n) is 6.94. The lowest BCUT2D eigenvalue weighted by molar-refractivity contribution is -0.143. The lowest BCUT2D eigenvalue weighted by atomic mass is 9.97. The quantitative estimate of drug-likeness (QED) is 0.737. The van der Waals surface area contributed by atoms with Crippen molar-refractivity contribution in [1.29, 1.82) is 0 Å². The van der Waals surface area contributed by atoms with Crippen LogP contribution >= 0.6 is 0 Å². The van der Waals surface area contributed by atoms with Crippen molar-refractivity contribution in [2.75, 3.05) is 13.1 Å². The van der Waals surface area contributed by atoms with Gasteiger partial charge in [-0.3, -0.25) is 9.59 Å². The number of carbonyl (C=O) groups excluding carboxylic acids is 1. The number of amides is 1. The van der Waals surface area contributed by atoms with E-state index in [-0.39, 0.29) is 12.5 Å². The van der Waals surface area contributed by atoms with E-state index < -0.39 is 11.9 Å². The summed E-state index contributed by atoms with van der Waals surface area (Å²) in [5.74, 6) is -0.923. The number of pyridine rings is 1. The van der Waals surface area contributed by atoms with Crippen LogP contribution in [0.25, 0.3) is 5.65 Å². The summed E-state index contributed by atoms with van der Waals surface area (Å²) in [7, 11) is 0. The molecule has 1 saturated heterocycles. The minimum atomic E-state index is -0.845. The highest BCUT2D eigenvalue weighted by Crippen LogP contribution is 2.21. The number of carboxylic acid groups (broad SMARTS) is 1. The average molecular weight is 379 g/mol. The van der Waals surface area contributed by atoms with Gasteiger partial charge in [0.05, 0.1) is 11.6 Å². The fraction of sp³-hybridized carbons (Fsp3) is 0.286. The number of aliphatic carboxylic acids is 1. The highest BCUT2D eigenvalue weighted by molar-refractivity contribution is 5.95. The molecule has 1 atom stereocenters. The number of hydrogen-bond donors (Lipinski definition) is 1. The summed E-state index contributed by atoms with van der Waals surface area (Å²) < 4.78 is 7.74. The van der Waals surface area contributed by atoms with Gasteiger partial charge in [0.15, 0.2) is 0 Å². The zero-order valence-corrected chi connectivity index (χ0v) is 15.3. The number of nitrogens with zero attached hydrogens (tertiary/aromatic N) is 3. The van der Waals surface area contributed by atoms with Gasteiger partial charge in [-0.2, -0.15) is 0 Å². The van der Waals surface area contributed by atoms with Crippen molar-refractivity contribution in [3.8, 4) is 5.75 Å². The minimum Gasteiger partial charge on any atom is -0.487 e. The van der Waals surface area contributed by atoms with Crippen LogP contribution in [0, 0.1) is 5.92 Å². The maximum Gasteiger partial charge on any atom is 0.308 e. The van der Waals surface area contributed by atoms with E-state index in [1.807, 2.05) is 35.0 Å². The molecule has 3 heterocycles. The Balaban J connectivity index is 1.43. The Morgan fingerprint density at radius 1 is 1.21 bits per heavy atom. The first kappa shape index (κ1) is 18.0. The van der Waals surface area contributed by atoms with Gasteiger partial charge in [-0.05, 0) is 43.2 Å². The zero-order valence-electron chi connectivity index (χ0n) is 15.3. The lowest BCUT2D eigenvalue weighted by Crippen LogP contribution is -2.42. The molecule has 1 fully saturated rings. The van der Waals surface area contributed by atoms with E-state index in [1.165, 1.54) is 0 Å². The molecule has 3 aromatic rings. The molecular weight excluding hydrogens is 358 g/mol. The Kier molecular flexibility index (Phi) is 4.97. The molecule has 1 N–H and O–H groups in total. The number of carbonyl (C=O) groups is 2. The summed E-state index contributed by atoms with van der Waals surface area (Å²) >= 11 is 0. The van der Waals surface area contributed by atoms with Crippen molar-refractivity contribution in [3.63, 3.8) is 0 Å². The first-order valence-corrected chi connectivity index (χ1v) is 9.28. The normalized spacial score (nSPS) is 16.9. The van der Waals surface area contributed by atoms with Gasteiger partial charge >= 0.3 is 5.97 Å². The highest BCUT2D eigenvalue weighted by atomic mass is 16.5. The average Bonchev–Trinajstić information content (AvgIpc) is 3.15. The highest BCUT2D eigenvalue weighted by Gasteiger charge is 2.28. The van der Waals surface area contributed by atoms with Crippen LogP contribution in [0.4, 0.5) is 0 Å². The summed E-state index contributed by atoms with van der Waals surface area (Å²) in [6.07, 6.45) is 5.15. The molecule has 1 aliphatic heterocycles. The van der Waals surface area contributed by atoms with E-state index >= 15 is 0 Å². The number of hydrogen-bond acceptors (Lipinski definition) is 4. The van der Waals surface area contributed by atoms with Crippen LogP contribution in [0.1, 0.15) is 28.9 Å². The van der Waals surface area contributed by atoms with Crippen molar-refractivity contribution in [2.24, 2.45) is 5.92 Å². The summed E-state index contributed by atoms with van der Waals surface area (Å²) in [5.41, 5.74) is 2.14. The molecule has 1 amide bonds. The van der Waals surface area contributed by atoms with Crippen LogP contribution < -0.4 is 4.74 Å². The minimum absolute atomic E-state index is 0.163. The summed E-state index contributed by atoms with van der Waals surface area (Å²) in [6, 6.07) is 12.8. The summed E-state index contributed by atoms with van der Waals surface area (Å²) in [6.45, 7) is 1.12. The molecule has 1 unspecified atom stereocenters. The third-order valence-electron chi connectivity index (χ3n) is 4.94. The topological polar surface area (TPSA) is 84.1 Å². The second kappa shape index (κ2) is 7.72. The molecule has 1 aromatic carbocycles. The van der Waals surface area contributed by atoms with Gasteiger partial charge in [-0.15, -0.1) is 0 Å². The molecule has 2 aromatic heterocycles. The van der Waals surface area contributed by atoms with Crippen molar-refractivity contribution in [2.45, 2.75) is 19.4 Å². The number of aromatic nitrogens is 2. The number of piperidine rings is 1. The maximum atomic E-state index is 12.8. The molecule has 144 valence electrons. The number of carboxylic acids is 1. The largest absolute Gasteiger partial charge is 0.487 e. The lowest BCUT2D eigenvalue weighted by Gasteiger charge is -2.30. The predicted octanol–water partition coefficient (Wildman–Crippen LogP) is 2.85. The van der Waals surface area contributed by atoms with E-state index in [2.05, 4.69) is 4.98 Å². The van der Waals surface area contributed by atoms with E-state index in [1.54, 1.807) is 29.2 Å². The van der Waals surface area contributed by atoms with Crippen LogP contribution in [0.15, 0.2) is 54.9 Å². The molecule has 28 heavy (non-hydrogen) atoms. The van der Waals surface area contributed by atoms with Gasteiger partial charge in [-0.1, -0.05) is 12.1 Å². The maximum absolute atomic E-state index is 12.8. The predicted molar refractivity (Wildman–Crippen MR) is 102 cm³/mol. The van der Waals surface area contributed by atoms with E-state index in [0.717, 1.165) is 11.3 Å². The molecular formula is C21H21N3O4. The Morgan fingerprint density at radius 3 is 2.93 bits per heavy atom. The molecule has 0 spiro atoms. The smallest absolute Gasteiger partial charge is 0.308 e. The van der Waals surface area contributed by atoms with E-state index in [0.29, 0.717) is 37.3 Å². The zero-order chi connectivity index (χ0) is 19.5. The van der Waals surface area contributed by atoms with Gasteiger partial charge < -0.3 is 19.1 Å². The van der Waals surface area contributed by atoms with Crippen molar-refractivity contribution < 1.29 is 19.4 Å². The van der Waals surface area contributed by atoms with Crippen molar-refractivity contribution in [1.82, 2.24) is 14.3 Å². The van der Waals surface area contributed by atoms with Gasteiger partial charge in [0, 0.05) is 31.0 Å². The number of rotatable bonds is 5. The SMILES string of the molecule is O=C(O)C1CCCN(C(=O)c2cccc(OCc3cn4ccccc4n3)c2)C1. The molecule has 4 rings (SSSR count). The Bertz CT molecular complexity index is 981. The second-order valence-corrected chi connectivity index (χ2v) is 6.94. The first-order chi connectivity index (χ1) is 13.6. The molecule has 0 aliphatic carbocycles. The molecule has 0 radical (unpaired) electrons. The molecule has 7 heteroatoms. The fourth-order valence-electron chi connectivity index (χ4n) is 3.48.